The van der Waals surface area contributed by atoms with Crippen molar-refractivity contribution in [3.8, 4) is 0 Å². The van der Waals surface area contributed by atoms with E-state index in [0.29, 0.717) is 11.1 Å². The summed E-state index contributed by atoms with van der Waals surface area (Å²) in [4.78, 5) is 22.2. The van der Waals surface area contributed by atoms with E-state index in [-0.39, 0.29) is 0 Å². The average Bonchev–Trinajstić information content (AvgIpc) is 2.27. The van der Waals surface area contributed by atoms with Crippen LogP contribution in [-0.4, -0.2) is 30.6 Å². The lowest BCUT2D eigenvalue weighted by molar-refractivity contribution is 0.0600. The molecule has 0 aliphatic carbocycles. The van der Waals surface area contributed by atoms with Crippen molar-refractivity contribution in [2.75, 3.05) is 13.7 Å². The van der Waals surface area contributed by atoms with Crippen molar-refractivity contribution < 1.29 is 19.4 Å². The van der Waals surface area contributed by atoms with Crippen molar-refractivity contribution in [2.45, 2.75) is 0 Å². The van der Waals surface area contributed by atoms with Crippen LogP contribution in [0.4, 0.5) is 0 Å². The minimum Gasteiger partial charge on any atom is -0.465 e. The van der Waals surface area contributed by atoms with Crippen LogP contribution in [-0.2, 0) is 4.74 Å². The fraction of sp³-hybridized carbons (Fsp3) is 0.200. The number of carbonyl (C=O) groups is 2. The van der Waals surface area contributed by atoms with Gasteiger partial charge >= 0.3 is 5.97 Å². The molecule has 0 amide bonds. The number of ketones is 1. The van der Waals surface area contributed by atoms with E-state index in [1.54, 1.807) is 12.1 Å². The Balaban J connectivity index is 3.01. The quantitative estimate of drug-likeness (QED) is 0.566. The molecule has 1 N–H and O–H groups in total. The van der Waals surface area contributed by atoms with Crippen LogP contribution in [0, 0.1) is 0 Å². The van der Waals surface area contributed by atoms with E-state index >= 15 is 0 Å². The summed E-state index contributed by atoms with van der Waals surface area (Å²) in [5, 5.41) is 8.61. The van der Waals surface area contributed by atoms with Crippen LogP contribution in [0.5, 0.6) is 0 Å². The number of rotatable bonds is 3. The van der Waals surface area contributed by atoms with E-state index in [1.165, 1.54) is 19.2 Å². The Bertz CT molecular complexity index is 326. The molecule has 0 spiro atoms. The van der Waals surface area contributed by atoms with Crippen LogP contribution in [0.3, 0.4) is 0 Å². The van der Waals surface area contributed by atoms with Crippen LogP contribution in [0.2, 0.25) is 0 Å². The Labute approximate surface area is 81.1 Å². The van der Waals surface area contributed by atoms with Gasteiger partial charge in [-0.05, 0) is 12.1 Å². The van der Waals surface area contributed by atoms with Gasteiger partial charge in [-0.15, -0.1) is 0 Å². The molecule has 0 atom stereocenters. The molecule has 4 heteroatoms. The molecule has 14 heavy (non-hydrogen) atoms. The van der Waals surface area contributed by atoms with E-state index in [0.717, 1.165) is 0 Å². The van der Waals surface area contributed by atoms with Crippen molar-refractivity contribution in [1.29, 1.82) is 0 Å². The number of aliphatic hydroxyl groups excluding tert-OH is 1. The molecule has 0 unspecified atom stereocenters. The molecule has 0 aliphatic heterocycles. The van der Waals surface area contributed by atoms with Gasteiger partial charge in [-0.1, -0.05) is 12.1 Å². The topological polar surface area (TPSA) is 63.6 Å². The van der Waals surface area contributed by atoms with E-state index < -0.39 is 18.4 Å². The van der Waals surface area contributed by atoms with Crippen molar-refractivity contribution >= 4 is 11.8 Å². The maximum absolute atomic E-state index is 11.1. The lowest BCUT2D eigenvalue weighted by Crippen LogP contribution is -2.07. The Hall–Kier alpha value is -1.68. The van der Waals surface area contributed by atoms with Crippen LogP contribution in [0.1, 0.15) is 20.7 Å². The standard InChI is InChI=1S/C10H10O4/c1-14-10(13)8-4-2-3-7(5-8)9(12)6-11/h2-5,11H,6H2,1H3. The lowest BCUT2D eigenvalue weighted by atomic mass is 10.1. The SMILES string of the molecule is COC(=O)c1cccc(C(=O)CO)c1. The summed E-state index contributed by atoms with van der Waals surface area (Å²) in [6.07, 6.45) is 0. The number of carbonyl (C=O) groups excluding carboxylic acids is 2. The van der Waals surface area contributed by atoms with E-state index in [2.05, 4.69) is 4.74 Å². The highest BCUT2D eigenvalue weighted by molar-refractivity contribution is 5.99. The molecule has 0 radical (unpaired) electrons. The third kappa shape index (κ3) is 2.17. The predicted octanol–water partition coefficient (Wildman–Crippen LogP) is 0.648. The summed E-state index contributed by atoms with van der Waals surface area (Å²) in [6.45, 7) is -0.565. The molecule has 0 saturated heterocycles. The summed E-state index contributed by atoms with van der Waals surface area (Å²) in [7, 11) is 1.27. The summed E-state index contributed by atoms with van der Waals surface area (Å²) in [5.74, 6) is -0.923. The summed E-state index contributed by atoms with van der Waals surface area (Å²) >= 11 is 0. The molecule has 4 nitrogen and oxygen atoms in total. The average molecular weight is 194 g/mol. The normalized spacial score (nSPS) is 9.57. The van der Waals surface area contributed by atoms with Crippen LogP contribution < -0.4 is 0 Å². The molecule has 1 rings (SSSR count). The van der Waals surface area contributed by atoms with Gasteiger partial charge < -0.3 is 9.84 Å². The first-order chi connectivity index (χ1) is 6.69. The molecule has 0 heterocycles. The van der Waals surface area contributed by atoms with Crippen molar-refractivity contribution in [3.05, 3.63) is 35.4 Å². The van der Waals surface area contributed by atoms with Crippen LogP contribution in [0.25, 0.3) is 0 Å². The minimum atomic E-state index is -0.565. The highest BCUT2D eigenvalue weighted by atomic mass is 16.5. The fourth-order valence-corrected chi connectivity index (χ4v) is 1.03. The number of esters is 1. The lowest BCUT2D eigenvalue weighted by Gasteiger charge is -2.01. The van der Waals surface area contributed by atoms with Crippen LogP contribution >= 0.6 is 0 Å². The molecular formula is C10H10O4. The Morgan fingerprint density at radius 1 is 1.36 bits per heavy atom. The van der Waals surface area contributed by atoms with Gasteiger partial charge in [0.1, 0.15) is 6.61 Å². The molecule has 0 aliphatic rings. The smallest absolute Gasteiger partial charge is 0.337 e. The number of aliphatic hydroxyl groups is 1. The van der Waals surface area contributed by atoms with Crippen molar-refractivity contribution in [2.24, 2.45) is 0 Å². The third-order valence-corrected chi connectivity index (χ3v) is 1.75. The van der Waals surface area contributed by atoms with Gasteiger partial charge in [-0.25, -0.2) is 4.79 Å². The second-order valence-electron chi connectivity index (χ2n) is 2.65. The van der Waals surface area contributed by atoms with E-state index in [1.807, 2.05) is 0 Å². The number of hydrogen-bond acceptors (Lipinski definition) is 4. The van der Waals surface area contributed by atoms with Crippen molar-refractivity contribution in [3.63, 3.8) is 0 Å². The van der Waals surface area contributed by atoms with Crippen LogP contribution in [0.15, 0.2) is 24.3 Å². The number of methoxy groups -OCH3 is 1. The number of hydrogen-bond donors (Lipinski definition) is 1. The first-order valence-electron chi connectivity index (χ1n) is 4.01. The Morgan fingerprint density at radius 2 is 2.00 bits per heavy atom. The largest absolute Gasteiger partial charge is 0.465 e. The third-order valence-electron chi connectivity index (χ3n) is 1.75. The number of Topliss-reactive ketones (excluding diaryl/α,β-unsaturated/α-hetero) is 1. The number of ether oxygens (including phenoxy) is 1. The first-order valence-corrected chi connectivity index (χ1v) is 4.01. The monoisotopic (exact) mass is 194 g/mol. The molecule has 1 aromatic carbocycles. The van der Waals surface area contributed by atoms with Gasteiger partial charge in [0.25, 0.3) is 0 Å². The Kier molecular flexibility index (Phi) is 3.36. The number of benzene rings is 1. The van der Waals surface area contributed by atoms with Gasteiger partial charge in [0.05, 0.1) is 12.7 Å². The zero-order valence-corrected chi connectivity index (χ0v) is 7.69. The van der Waals surface area contributed by atoms with Gasteiger partial charge in [0.15, 0.2) is 5.78 Å². The van der Waals surface area contributed by atoms with E-state index in [9.17, 15) is 9.59 Å². The van der Waals surface area contributed by atoms with E-state index in [4.69, 9.17) is 5.11 Å². The molecular weight excluding hydrogens is 184 g/mol. The molecule has 0 fully saturated rings. The maximum atomic E-state index is 11.1. The first kappa shape index (κ1) is 10.4. The Morgan fingerprint density at radius 3 is 2.57 bits per heavy atom. The second kappa shape index (κ2) is 4.53. The zero-order chi connectivity index (χ0) is 10.6. The van der Waals surface area contributed by atoms with Crippen molar-refractivity contribution in [1.82, 2.24) is 0 Å². The summed E-state index contributed by atoms with van der Waals surface area (Å²) in [6, 6.07) is 6.03. The predicted molar refractivity (Wildman–Crippen MR) is 49.2 cm³/mol. The second-order valence-corrected chi connectivity index (χ2v) is 2.65. The summed E-state index contributed by atoms with van der Waals surface area (Å²) < 4.78 is 4.49. The van der Waals surface area contributed by atoms with Gasteiger partial charge in [0.2, 0.25) is 0 Å². The zero-order valence-electron chi connectivity index (χ0n) is 7.69. The minimum absolute atomic E-state index is 0.298. The summed E-state index contributed by atoms with van der Waals surface area (Å²) in [5.41, 5.74) is 0.599. The molecule has 74 valence electrons. The van der Waals surface area contributed by atoms with Gasteiger partial charge in [0, 0.05) is 5.56 Å². The van der Waals surface area contributed by atoms with Gasteiger partial charge in [-0.3, -0.25) is 4.79 Å². The maximum Gasteiger partial charge on any atom is 0.337 e. The fourth-order valence-electron chi connectivity index (χ4n) is 1.03. The molecule has 0 aromatic heterocycles. The highest BCUT2D eigenvalue weighted by Crippen LogP contribution is 2.07. The molecule has 0 saturated carbocycles. The highest BCUT2D eigenvalue weighted by Gasteiger charge is 2.09. The molecule has 0 bridgehead atoms. The van der Waals surface area contributed by atoms with Gasteiger partial charge in [-0.2, -0.15) is 0 Å². The molecule has 1 aromatic rings.